The quantitative estimate of drug-likeness (QED) is 0.799. The lowest BCUT2D eigenvalue weighted by molar-refractivity contribution is 0.0996. The van der Waals surface area contributed by atoms with Gasteiger partial charge in [-0.05, 0) is 18.2 Å². The van der Waals surface area contributed by atoms with Crippen molar-refractivity contribution in [1.29, 1.82) is 0 Å². The second kappa shape index (κ2) is 5.44. The number of anilines is 3. The highest BCUT2D eigenvalue weighted by molar-refractivity contribution is 6.30. The van der Waals surface area contributed by atoms with Crippen molar-refractivity contribution < 1.29 is 9.21 Å². The number of carbonyl (C=O) groups is 1. The maximum Gasteiger partial charge on any atom is 0.294 e. The largest absolute Gasteiger partial charge is 0.438 e. The lowest BCUT2D eigenvalue weighted by atomic mass is 10.3. The molecule has 1 amide bonds. The predicted octanol–water partition coefficient (Wildman–Crippen LogP) is 2.93. The van der Waals surface area contributed by atoms with E-state index in [4.69, 9.17) is 16.0 Å². The summed E-state index contributed by atoms with van der Waals surface area (Å²) < 4.78 is 6.81. The van der Waals surface area contributed by atoms with Crippen LogP contribution in [0.15, 0.2) is 47.3 Å². The van der Waals surface area contributed by atoms with Gasteiger partial charge >= 0.3 is 0 Å². The molecule has 1 aliphatic heterocycles. The first-order valence-corrected chi connectivity index (χ1v) is 7.39. The summed E-state index contributed by atoms with van der Waals surface area (Å²) in [6, 6.07) is 9.45. The molecule has 3 aromatic rings. The number of benzene rings is 1. The molecule has 116 valence electrons. The van der Waals surface area contributed by atoms with Gasteiger partial charge in [-0.15, -0.1) is 0 Å². The number of aromatic nitrogens is 3. The minimum Gasteiger partial charge on any atom is -0.438 e. The number of carbonyl (C=O) groups excluding carboxylic acids is 1. The van der Waals surface area contributed by atoms with Gasteiger partial charge in [-0.25, -0.2) is 9.67 Å². The van der Waals surface area contributed by atoms with E-state index in [-0.39, 0.29) is 11.7 Å². The minimum atomic E-state index is -0.381. The van der Waals surface area contributed by atoms with Crippen molar-refractivity contribution in [2.75, 3.05) is 16.8 Å². The van der Waals surface area contributed by atoms with E-state index in [1.54, 1.807) is 0 Å². The number of nitrogens with zero attached hydrogens (tertiary/aromatic N) is 4. The average molecular weight is 330 g/mol. The zero-order valence-electron chi connectivity index (χ0n) is 11.9. The lowest BCUT2D eigenvalue weighted by Crippen LogP contribution is -2.14. The standard InChI is InChI=1S/C15H12ClN5O2/c16-10-2-1-3-11(6-10)20-4-5-21-14(20)7-13(19-21)18-15(22)12-8-17-9-23-12/h1-3,6-9H,4-5H2,(H,18,19,22). The molecule has 0 bridgehead atoms. The highest BCUT2D eigenvalue weighted by Gasteiger charge is 2.24. The van der Waals surface area contributed by atoms with E-state index in [9.17, 15) is 4.79 Å². The van der Waals surface area contributed by atoms with Crippen LogP contribution in [0.4, 0.5) is 17.3 Å². The molecule has 7 nitrogen and oxygen atoms in total. The maximum absolute atomic E-state index is 12.0. The molecule has 1 aliphatic rings. The number of amides is 1. The van der Waals surface area contributed by atoms with Crippen LogP contribution in [0.25, 0.3) is 0 Å². The summed E-state index contributed by atoms with van der Waals surface area (Å²) >= 11 is 6.06. The van der Waals surface area contributed by atoms with E-state index in [1.807, 2.05) is 35.0 Å². The molecular weight excluding hydrogens is 318 g/mol. The lowest BCUT2D eigenvalue weighted by Gasteiger charge is -2.16. The Morgan fingerprint density at radius 3 is 3.00 bits per heavy atom. The average Bonchev–Trinajstić information content (AvgIpc) is 3.23. The van der Waals surface area contributed by atoms with Gasteiger partial charge in [0.05, 0.1) is 12.7 Å². The molecule has 0 fully saturated rings. The molecule has 1 N–H and O–H groups in total. The first kappa shape index (κ1) is 13.8. The molecule has 23 heavy (non-hydrogen) atoms. The first-order valence-electron chi connectivity index (χ1n) is 7.01. The van der Waals surface area contributed by atoms with Gasteiger partial charge in [0.2, 0.25) is 5.76 Å². The van der Waals surface area contributed by atoms with Gasteiger partial charge in [0.25, 0.3) is 5.91 Å². The van der Waals surface area contributed by atoms with E-state index >= 15 is 0 Å². The number of hydrogen-bond acceptors (Lipinski definition) is 5. The number of hydrogen-bond donors (Lipinski definition) is 1. The molecule has 0 aliphatic carbocycles. The Kier molecular flexibility index (Phi) is 3.27. The van der Waals surface area contributed by atoms with Crippen molar-refractivity contribution in [3.8, 4) is 0 Å². The van der Waals surface area contributed by atoms with Crippen LogP contribution in [0, 0.1) is 0 Å². The molecule has 1 aromatic carbocycles. The van der Waals surface area contributed by atoms with Crippen LogP contribution < -0.4 is 10.2 Å². The van der Waals surface area contributed by atoms with E-state index in [2.05, 4.69) is 20.3 Å². The molecule has 8 heteroatoms. The molecule has 0 atom stereocenters. The summed E-state index contributed by atoms with van der Waals surface area (Å²) in [7, 11) is 0. The molecule has 0 saturated heterocycles. The topological polar surface area (TPSA) is 76.2 Å². The van der Waals surface area contributed by atoms with Gasteiger partial charge in [0.15, 0.2) is 12.2 Å². The van der Waals surface area contributed by atoms with Gasteiger partial charge < -0.3 is 14.6 Å². The van der Waals surface area contributed by atoms with Gasteiger partial charge in [-0.1, -0.05) is 17.7 Å². The molecule has 4 rings (SSSR count). The van der Waals surface area contributed by atoms with Crippen LogP contribution in [0.5, 0.6) is 0 Å². The van der Waals surface area contributed by atoms with Crippen LogP contribution in [0.1, 0.15) is 10.6 Å². The number of halogens is 1. The van der Waals surface area contributed by atoms with E-state index < -0.39 is 0 Å². The number of nitrogens with one attached hydrogen (secondary N) is 1. The van der Waals surface area contributed by atoms with Crippen LogP contribution in [0.2, 0.25) is 5.02 Å². The zero-order valence-corrected chi connectivity index (χ0v) is 12.7. The minimum absolute atomic E-state index is 0.143. The van der Waals surface area contributed by atoms with Gasteiger partial charge in [-0.3, -0.25) is 4.79 Å². The predicted molar refractivity (Wildman–Crippen MR) is 85.1 cm³/mol. The normalized spacial score (nSPS) is 13.2. The molecule has 0 spiro atoms. The third-order valence-electron chi connectivity index (χ3n) is 3.59. The van der Waals surface area contributed by atoms with E-state index in [0.717, 1.165) is 24.6 Å². The fraction of sp³-hybridized carbons (Fsp3) is 0.133. The Bertz CT molecular complexity index is 859. The number of rotatable bonds is 3. The highest BCUT2D eigenvalue weighted by Crippen LogP contribution is 2.33. The summed E-state index contributed by atoms with van der Waals surface area (Å²) in [6.45, 7) is 1.54. The Balaban J connectivity index is 1.58. The molecule has 0 saturated carbocycles. The Hall–Kier alpha value is -2.80. The Morgan fingerprint density at radius 2 is 2.22 bits per heavy atom. The van der Waals surface area contributed by atoms with Gasteiger partial charge in [0, 0.05) is 23.3 Å². The third kappa shape index (κ3) is 2.55. The van der Waals surface area contributed by atoms with Gasteiger partial charge in [-0.2, -0.15) is 5.10 Å². The van der Waals surface area contributed by atoms with Gasteiger partial charge in [0.1, 0.15) is 5.82 Å². The van der Waals surface area contributed by atoms with E-state index in [0.29, 0.717) is 10.8 Å². The van der Waals surface area contributed by atoms with Crippen LogP contribution in [-0.4, -0.2) is 27.2 Å². The number of fused-ring (bicyclic) bond motifs is 1. The summed E-state index contributed by atoms with van der Waals surface area (Å²) in [5.41, 5.74) is 0.990. The summed E-state index contributed by atoms with van der Waals surface area (Å²) in [5, 5.41) is 7.77. The maximum atomic E-state index is 12.0. The summed E-state index contributed by atoms with van der Waals surface area (Å²) in [5.74, 6) is 1.13. The second-order valence-corrected chi connectivity index (χ2v) is 5.50. The van der Waals surface area contributed by atoms with Crippen LogP contribution >= 0.6 is 11.6 Å². The van der Waals surface area contributed by atoms with Crippen LogP contribution in [0.3, 0.4) is 0 Å². The van der Waals surface area contributed by atoms with Crippen molar-refractivity contribution in [3.63, 3.8) is 0 Å². The fourth-order valence-corrected chi connectivity index (χ4v) is 2.75. The highest BCUT2D eigenvalue weighted by atomic mass is 35.5. The third-order valence-corrected chi connectivity index (χ3v) is 3.82. The monoisotopic (exact) mass is 329 g/mol. The van der Waals surface area contributed by atoms with Crippen LogP contribution in [-0.2, 0) is 6.54 Å². The Morgan fingerprint density at radius 1 is 1.30 bits per heavy atom. The summed E-state index contributed by atoms with van der Waals surface area (Å²) in [4.78, 5) is 17.8. The van der Waals surface area contributed by atoms with Crippen molar-refractivity contribution in [3.05, 3.63) is 53.7 Å². The molecular formula is C15H12ClN5O2. The van der Waals surface area contributed by atoms with Crippen molar-refractivity contribution >= 4 is 34.8 Å². The molecule has 2 aromatic heterocycles. The molecule has 0 radical (unpaired) electrons. The molecule has 0 unspecified atom stereocenters. The first-order chi connectivity index (χ1) is 11.2. The SMILES string of the molecule is O=C(Nc1cc2n(n1)CCN2c1cccc(Cl)c1)c1cnco1. The fourth-order valence-electron chi connectivity index (χ4n) is 2.57. The molecule has 3 heterocycles. The van der Waals surface area contributed by atoms with Crippen molar-refractivity contribution in [2.24, 2.45) is 0 Å². The smallest absolute Gasteiger partial charge is 0.294 e. The zero-order chi connectivity index (χ0) is 15.8. The van der Waals surface area contributed by atoms with Crippen molar-refractivity contribution in [2.45, 2.75) is 6.54 Å². The summed E-state index contributed by atoms with van der Waals surface area (Å²) in [6.07, 6.45) is 2.57. The van der Waals surface area contributed by atoms with Crippen molar-refractivity contribution in [1.82, 2.24) is 14.8 Å². The Labute approximate surface area is 136 Å². The number of oxazole rings is 1. The van der Waals surface area contributed by atoms with E-state index in [1.165, 1.54) is 12.6 Å². The second-order valence-electron chi connectivity index (χ2n) is 5.06.